The van der Waals surface area contributed by atoms with E-state index in [1.807, 2.05) is 27.0 Å². The van der Waals surface area contributed by atoms with Crippen molar-refractivity contribution in [2.24, 2.45) is 27.5 Å². The van der Waals surface area contributed by atoms with Crippen molar-refractivity contribution in [3.63, 3.8) is 0 Å². The number of carbonyl (C=O) groups is 1. The Kier molecular flexibility index (Phi) is 3.45. The summed E-state index contributed by atoms with van der Waals surface area (Å²) in [6.45, 7) is 6.07. The molecule has 0 aromatic heterocycles. The summed E-state index contributed by atoms with van der Waals surface area (Å²) in [6.07, 6.45) is 7.06. The lowest BCUT2D eigenvalue weighted by Gasteiger charge is -2.31. The van der Waals surface area contributed by atoms with E-state index >= 15 is 0 Å². The van der Waals surface area contributed by atoms with Gasteiger partial charge in [0, 0.05) is 29.7 Å². The molecule has 1 saturated carbocycles. The highest BCUT2D eigenvalue weighted by atomic mass is 16.1. The molecule has 0 N–H and O–H groups in total. The average Bonchev–Trinajstić information content (AvgIpc) is 2.80. The molecule has 0 aromatic carbocycles. The fourth-order valence-electron chi connectivity index (χ4n) is 2.84. The molecule has 1 heterocycles. The Morgan fingerprint density at radius 1 is 1.24 bits per heavy atom. The summed E-state index contributed by atoms with van der Waals surface area (Å²) < 4.78 is 0. The van der Waals surface area contributed by atoms with Gasteiger partial charge >= 0.3 is 0 Å². The zero-order chi connectivity index (χ0) is 12.5. The highest BCUT2D eigenvalue weighted by Crippen LogP contribution is 2.35. The molecule has 2 rings (SSSR count). The number of carbonyl (C=O) groups excluding carboxylic acids is 1. The molecule has 2 aliphatic rings. The third-order valence-corrected chi connectivity index (χ3v) is 3.88. The molecular weight excluding hydrogens is 212 g/mol. The SMILES string of the molecule is CC(C)(C)C(=O)C1CCC(C2=NN=CC2)CC1. The third kappa shape index (κ3) is 2.82. The predicted molar refractivity (Wildman–Crippen MR) is 70.5 cm³/mol. The van der Waals surface area contributed by atoms with Crippen molar-refractivity contribution in [1.82, 2.24) is 0 Å². The second-order valence-corrected chi connectivity index (χ2v) is 6.26. The minimum absolute atomic E-state index is 0.189. The fourth-order valence-corrected chi connectivity index (χ4v) is 2.84. The molecule has 1 aliphatic carbocycles. The molecule has 0 radical (unpaired) electrons. The van der Waals surface area contributed by atoms with Crippen LogP contribution in [-0.2, 0) is 4.79 Å². The van der Waals surface area contributed by atoms with Gasteiger partial charge in [0.05, 0.1) is 0 Å². The van der Waals surface area contributed by atoms with Gasteiger partial charge in [-0.05, 0) is 31.6 Å². The number of hydrogen-bond donors (Lipinski definition) is 0. The number of hydrogen-bond acceptors (Lipinski definition) is 3. The van der Waals surface area contributed by atoms with Gasteiger partial charge < -0.3 is 0 Å². The molecular formula is C14H22N2O. The second-order valence-electron chi connectivity index (χ2n) is 6.26. The molecule has 94 valence electrons. The van der Waals surface area contributed by atoms with Crippen LogP contribution in [0.5, 0.6) is 0 Å². The minimum atomic E-state index is -0.189. The Morgan fingerprint density at radius 3 is 2.35 bits per heavy atom. The summed E-state index contributed by atoms with van der Waals surface area (Å²) in [5.74, 6) is 1.27. The quantitative estimate of drug-likeness (QED) is 0.723. The lowest BCUT2D eigenvalue weighted by molar-refractivity contribution is -0.131. The Balaban J connectivity index is 1.88. The second kappa shape index (κ2) is 4.71. The van der Waals surface area contributed by atoms with Crippen molar-refractivity contribution < 1.29 is 4.79 Å². The van der Waals surface area contributed by atoms with Crippen LogP contribution in [-0.4, -0.2) is 17.7 Å². The number of Topliss-reactive ketones (excluding diaryl/α,β-unsaturated/α-hetero) is 1. The van der Waals surface area contributed by atoms with E-state index in [0.29, 0.717) is 11.7 Å². The molecule has 17 heavy (non-hydrogen) atoms. The van der Waals surface area contributed by atoms with Gasteiger partial charge in [-0.1, -0.05) is 20.8 Å². The van der Waals surface area contributed by atoms with Crippen LogP contribution in [0.2, 0.25) is 0 Å². The Bertz CT molecular complexity index is 355. The molecule has 0 amide bonds. The van der Waals surface area contributed by atoms with Crippen molar-refractivity contribution in [2.45, 2.75) is 52.9 Å². The molecule has 1 aliphatic heterocycles. The van der Waals surface area contributed by atoms with Crippen LogP contribution in [0.1, 0.15) is 52.9 Å². The molecule has 1 fully saturated rings. The van der Waals surface area contributed by atoms with E-state index in [-0.39, 0.29) is 11.3 Å². The van der Waals surface area contributed by atoms with Crippen molar-refractivity contribution in [2.75, 3.05) is 0 Å². The lowest BCUT2D eigenvalue weighted by Crippen LogP contribution is -2.32. The van der Waals surface area contributed by atoms with Gasteiger partial charge in [0.25, 0.3) is 0 Å². The van der Waals surface area contributed by atoms with Gasteiger partial charge in [-0.25, -0.2) is 0 Å². The van der Waals surface area contributed by atoms with Gasteiger partial charge in [-0.15, -0.1) is 0 Å². The van der Waals surface area contributed by atoms with Crippen molar-refractivity contribution in [3.05, 3.63) is 0 Å². The van der Waals surface area contributed by atoms with Crippen molar-refractivity contribution in [1.29, 1.82) is 0 Å². The molecule has 0 unspecified atom stereocenters. The molecule has 0 atom stereocenters. The summed E-state index contributed by atoms with van der Waals surface area (Å²) in [5, 5.41) is 8.11. The lowest BCUT2D eigenvalue weighted by atomic mass is 9.72. The zero-order valence-corrected chi connectivity index (χ0v) is 11.1. The number of rotatable bonds is 2. The van der Waals surface area contributed by atoms with Gasteiger partial charge in [0.2, 0.25) is 0 Å². The molecule has 0 aromatic rings. The Morgan fingerprint density at radius 2 is 1.88 bits per heavy atom. The summed E-state index contributed by atoms with van der Waals surface area (Å²) >= 11 is 0. The fraction of sp³-hybridized carbons (Fsp3) is 0.786. The highest BCUT2D eigenvalue weighted by Gasteiger charge is 2.34. The first-order chi connectivity index (χ1) is 7.98. The van der Waals surface area contributed by atoms with Gasteiger partial charge in [0.1, 0.15) is 5.78 Å². The highest BCUT2D eigenvalue weighted by molar-refractivity contribution is 5.99. The largest absolute Gasteiger partial charge is 0.299 e. The normalized spacial score (nSPS) is 29.2. The molecule has 3 heteroatoms. The minimum Gasteiger partial charge on any atom is -0.299 e. The molecule has 3 nitrogen and oxygen atoms in total. The molecule has 0 spiro atoms. The van der Waals surface area contributed by atoms with Crippen LogP contribution < -0.4 is 0 Å². The van der Waals surface area contributed by atoms with E-state index in [0.717, 1.165) is 32.1 Å². The maximum Gasteiger partial charge on any atom is 0.141 e. The first-order valence-electron chi connectivity index (χ1n) is 6.61. The van der Waals surface area contributed by atoms with Gasteiger partial charge in [0.15, 0.2) is 0 Å². The Hall–Kier alpha value is -0.990. The maximum absolute atomic E-state index is 12.2. The molecule has 0 bridgehead atoms. The van der Waals surface area contributed by atoms with Gasteiger partial charge in [-0.2, -0.15) is 10.2 Å². The Labute approximate surface area is 103 Å². The summed E-state index contributed by atoms with van der Waals surface area (Å²) in [7, 11) is 0. The topological polar surface area (TPSA) is 41.8 Å². The van der Waals surface area contributed by atoms with Crippen molar-refractivity contribution >= 4 is 17.7 Å². The van der Waals surface area contributed by atoms with E-state index in [9.17, 15) is 4.79 Å². The van der Waals surface area contributed by atoms with Crippen LogP contribution in [0.4, 0.5) is 0 Å². The van der Waals surface area contributed by atoms with E-state index in [1.165, 1.54) is 5.71 Å². The van der Waals surface area contributed by atoms with E-state index in [1.54, 1.807) is 0 Å². The van der Waals surface area contributed by atoms with E-state index < -0.39 is 0 Å². The van der Waals surface area contributed by atoms with E-state index in [4.69, 9.17) is 0 Å². The van der Waals surface area contributed by atoms with E-state index in [2.05, 4.69) is 10.2 Å². The van der Waals surface area contributed by atoms with Crippen LogP contribution in [0.25, 0.3) is 0 Å². The van der Waals surface area contributed by atoms with Gasteiger partial charge in [-0.3, -0.25) is 4.79 Å². The predicted octanol–water partition coefficient (Wildman–Crippen LogP) is 3.24. The first kappa shape index (κ1) is 12.5. The smallest absolute Gasteiger partial charge is 0.141 e. The maximum atomic E-state index is 12.2. The zero-order valence-electron chi connectivity index (χ0n) is 11.1. The number of ketones is 1. The van der Waals surface area contributed by atoms with Crippen LogP contribution in [0.15, 0.2) is 10.2 Å². The third-order valence-electron chi connectivity index (χ3n) is 3.88. The first-order valence-corrected chi connectivity index (χ1v) is 6.61. The molecule has 0 saturated heterocycles. The van der Waals surface area contributed by atoms with Crippen LogP contribution in [0.3, 0.4) is 0 Å². The average molecular weight is 234 g/mol. The monoisotopic (exact) mass is 234 g/mol. The van der Waals surface area contributed by atoms with Crippen LogP contribution >= 0.6 is 0 Å². The van der Waals surface area contributed by atoms with Crippen molar-refractivity contribution in [3.8, 4) is 0 Å². The standard InChI is InChI=1S/C14H22N2O/c1-14(2,3)13(17)11-6-4-10(5-7-11)12-8-9-15-16-12/h9-11H,4-8H2,1-3H3. The van der Waals surface area contributed by atoms with Crippen LogP contribution in [0, 0.1) is 17.3 Å². The summed E-state index contributed by atoms with van der Waals surface area (Å²) in [4.78, 5) is 12.2. The number of nitrogens with zero attached hydrogens (tertiary/aromatic N) is 2. The summed E-state index contributed by atoms with van der Waals surface area (Å²) in [6, 6.07) is 0. The summed E-state index contributed by atoms with van der Waals surface area (Å²) in [5.41, 5.74) is 1.04.